The van der Waals surface area contributed by atoms with Crippen molar-refractivity contribution in [2.45, 2.75) is 56.1 Å². The highest BCUT2D eigenvalue weighted by Gasteiger charge is 2.59. The summed E-state index contributed by atoms with van der Waals surface area (Å²) in [5.74, 6) is -2.73. The molecule has 3 aromatic rings. The van der Waals surface area contributed by atoms with Crippen LogP contribution in [0.5, 0.6) is 11.8 Å². The molecule has 1 aliphatic carbocycles. The molecule has 3 aliphatic rings. The molecule has 2 aliphatic heterocycles. The number of halogens is 4. The monoisotopic (exact) mass is 577 g/mol. The summed E-state index contributed by atoms with van der Waals surface area (Å²) in [6.45, 7) is 0.882. The number of aromatic hydroxyl groups is 1. The lowest BCUT2D eigenvalue weighted by Gasteiger charge is -2.46. The summed E-state index contributed by atoms with van der Waals surface area (Å²) >= 11 is 6.08. The number of phenols is 1. The van der Waals surface area contributed by atoms with Gasteiger partial charge in [-0.15, -0.1) is 0 Å². The first-order chi connectivity index (χ1) is 19.0. The highest BCUT2D eigenvalue weighted by molar-refractivity contribution is 6.31. The van der Waals surface area contributed by atoms with Crippen molar-refractivity contribution in [3.63, 3.8) is 0 Å². The lowest BCUT2D eigenvalue weighted by Crippen LogP contribution is -2.59. The number of phenolic OH excluding ortho intramolecular Hbond substituents is 1. The number of ether oxygens (including phenoxy) is 1. The van der Waals surface area contributed by atoms with Gasteiger partial charge in [-0.25, -0.2) is 13.2 Å². The predicted octanol–water partition coefficient (Wildman–Crippen LogP) is 5.04. The summed E-state index contributed by atoms with van der Waals surface area (Å²) < 4.78 is 50.2. The molecule has 2 N–H and O–H groups in total. The van der Waals surface area contributed by atoms with E-state index in [1.54, 1.807) is 4.90 Å². The molecule has 214 valence electrons. The van der Waals surface area contributed by atoms with Gasteiger partial charge in [0.1, 0.15) is 29.4 Å². The van der Waals surface area contributed by atoms with Crippen molar-refractivity contribution in [2.75, 3.05) is 38.2 Å². The average Bonchev–Trinajstić information content (AvgIpc) is 3.05. The molecule has 1 saturated carbocycles. The van der Waals surface area contributed by atoms with E-state index in [1.165, 1.54) is 24.4 Å². The topological polar surface area (TPSA) is 94.8 Å². The van der Waals surface area contributed by atoms with Gasteiger partial charge in [-0.2, -0.15) is 9.97 Å². The molecule has 8 nitrogen and oxygen atoms in total. The van der Waals surface area contributed by atoms with Crippen molar-refractivity contribution in [1.29, 1.82) is 0 Å². The van der Waals surface area contributed by atoms with Crippen molar-refractivity contribution >= 4 is 28.3 Å². The molecule has 6 rings (SSSR count). The third kappa shape index (κ3) is 5.14. The molecule has 2 aromatic heterocycles. The number of rotatable bonds is 9. The smallest absolute Gasteiger partial charge is 0.319 e. The van der Waals surface area contributed by atoms with Gasteiger partial charge in [-0.3, -0.25) is 9.88 Å². The van der Waals surface area contributed by atoms with E-state index in [0.29, 0.717) is 36.6 Å². The van der Waals surface area contributed by atoms with Crippen LogP contribution in [0.4, 0.5) is 19.0 Å². The Hall–Kier alpha value is -2.89. The Morgan fingerprint density at radius 2 is 2.02 bits per heavy atom. The van der Waals surface area contributed by atoms with Crippen LogP contribution in [0.2, 0.25) is 5.02 Å². The van der Waals surface area contributed by atoms with Gasteiger partial charge in [0.15, 0.2) is 5.82 Å². The Morgan fingerprint density at radius 3 is 2.70 bits per heavy atom. The van der Waals surface area contributed by atoms with Gasteiger partial charge >= 0.3 is 6.01 Å². The molecule has 40 heavy (non-hydrogen) atoms. The van der Waals surface area contributed by atoms with E-state index >= 15 is 4.39 Å². The summed E-state index contributed by atoms with van der Waals surface area (Å²) in [6.07, 6.45) is 4.99. The fourth-order valence-corrected chi connectivity index (χ4v) is 6.44. The average molecular weight is 578 g/mol. The van der Waals surface area contributed by atoms with Gasteiger partial charge < -0.3 is 19.8 Å². The minimum absolute atomic E-state index is 0.0248. The Bertz CT molecular complexity index is 1420. The molecule has 0 amide bonds. The largest absolute Gasteiger partial charge is 0.508 e. The van der Waals surface area contributed by atoms with E-state index in [4.69, 9.17) is 16.3 Å². The van der Waals surface area contributed by atoms with E-state index in [-0.39, 0.29) is 59.2 Å². The third-order valence-electron chi connectivity index (χ3n) is 8.48. The van der Waals surface area contributed by atoms with E-state index in [9.17, 15) is 19.0 Å². The van der Waals surface area contributed by atoms with Crippen LogP contribution in [0, 0.1) is 11.7 Å². The zero-order valence-electron chi connectivity index (χ0n) is 22.1. The number of alkyl halides is 2. The second-order valence-electron chi connectivity index (χ2n) is 11.5. The zero-order valence-corrected chi connectivity index (χ0v) is 22.8. The highest BCUT2D eigenvalue weighted by atomic mass is 35.5. The molecule has 0 radical (unpaired) electrons. The van der Waals surface area contributed by atoms with Gasteiger partial charge in [-0.1, -0.05) is 11.6 Å². The van der Waals surface area contributed by atoms with Crippen molar-refractivity contribution < 1.29 is 28.1 Å². The van der Waals surface area contributed by atoms with E-state index in [1.807, 2.05) is 11.9 Å². The van der Waals surface area contributed by atoms with E-state index < -0.39 is 17.3 Å². The number of pyridine rings is 1. The Morgan fingerprint density at radius 1 is 1.23 bits per heavy atom. The van der Waals surface area contributed by atoms with Gasteiger partial charge in [0, 0.05) is 43.3 Å². The predicted molar refractivity (Wildman–Crippen MR) is 145 cm³/mol. The number of anilines is 1. The maximum absolute atomic E-state index is 16.0. The number of fused-ring (bicyclic) bond motifs is 2. The normalized spacial score (nSPS) is 25.4. The number of aliphatic hydroxyl groups excluding tert-OH is 1. The van der Waals surface area contributed by atoms with Crippen LogP contribution >= 0.6 is 11.6 Å². The first-order valence-electron chi connectivity index (χ1n) is 13.5. The zero-order chi connectivity index (χ0) is 28.2. The summed E-state index contributed by atoms with van der Waals surface area (Å²) in [5, 5.41) is 20.1. The van der Waals surface area contributed by atoms with Gasteiger partial charge in [0.25, 0.3) is 5.92 Å². The van der Waals surface area contributed by atoms with Crippen LogP contribution in [0.3, 0.4) is 0 Å². The lowest BCUT2D eigenvalue weighted by atomic mass is 9.79. The summed E-state index contributed by atoms with van der Waals surface area (Å²) in [6, 6.07) is 4.09. The number of benzene rings is 1. The van der Waals surface area contributed by atoms with E-state index in [0.717, 1.165) is 25.7 Å². The number of hydrogen-bond acceptors (Lipinski definition) is 8. The molecule has 4 heterocycles. The second-order valence-corrected chi connectivity index (χ2v) is 11.9. The van der Waals surface area contributed by atoms with Crippen molar-refractivity contribution in [1.82, 2.24) is 19.9 Å². The first-order valence-corrected chi connectivity index (χ1v) is 13.9. The fraction of sp³-hybridized carbons (Fsp3) is 0.536. The Balaban J connectivity index is 1.32. The van der Waals surface area contributed by atoms with Crippen LogP contribution in [-0.4, -0.2) is 80.9 Å². The summed E-state index contributed by atoms with van der Waals surface area (Å²) in [5.41, 5.74) is -0.578. The first kappa shape index (κ1) is 27.3. The standard InChI is InChI=1S/C28H31ClF3N5O3/c1-36(5-2-3-16-7-19(38)8-16)25-21-12-33-23(17-9-18(29)11-20(39)10-17)22(30)24(21)34-26(35-25)40-15-27-4-6-37(27)14-28(31,32)13-27/h9-12,16,19,38-39H,2-8,13-15H2,1H3. The van der Waals surface area contributed by atoms with Crippen molar-refractivity contribution in [3.8, 4) is 23.0 Å². The molecule has 1 atom stereocenters. The lowest BCUT2D eigenvalue weighted by molar-refractivity contribution is -0.0132. The quantitative estimate of drug-likeness (QED) is 0.365. The molecule has 0 bridgehead atoms. The molecular weight excluding hydrogens is 547 g/mol. The van der Waals surface area contributed by atoms with Crippen LogP contribution in [0.15, 0.2) is 24.4 Å². The minimum atomic E-state index is -2.78. The van der Waals surface area contributed by atoms with Crippen LogP contribution in [0.1, 0.15) is 38.5 Å². The van der Waals surface area contributed by atoms with Crippen LogP contribution in [-0.2, 0) is 0 Å². The van der Waals surface area contributed by atoms with E-state index in [2.05, 4.69) is 15.0 Å². The maximum atomic E-state index is 16.0. The molecule has 1 unspecified atom stereocenters. The molecule has 1 aromatic carbocycles. The molecule has 12 heteroatoms. The Labute approximate surface area is 234 Å². The highest BCUT2D eigenvalue weighted by Crippen LogP contribution is 2.47. The van der Waals surface area contributed by atoms with Crippen LogP contribution in [0.25, 0.3) is 22.2 Å². The molecule has 2 saturated heterocycles. The molecule has 3 fully saturated rings. The fourth-order valence-electron chi connectivity index (χ4n) is 6.21. The SMILES string of the molecule is CN(CCCC1CC(O)C1)c1nc(OCC23CCN2CC(F)(F)C3)nc2c(F)c(-c3cc(O)cc(Cl)c3)ncc12. The Kier molecular flexibility index (Phi) is 6.95. The summed E-state index contributed by atoms with van der Waals surface area (Å²) in [7, 11) is 1.84. The molecular formula is C28H31ClF3N5O3. The van der Waals surface area contributed by atoms with Crippen LogP contribution < -0.4 is 9.64 Å². The van der Waals surface area contributed by atoms with Gasteiger partial charge in [0.2, 0.25) is 0 Å². The number of nitrogens with zero attached hydrogens (tertiary/aromatic N) is 5. The number of aromatic nitrogens is 3. The minimum Gasteiger partial charge on any atom is -0.508 e. The number of hydrogen-bond donors (Lipinski definition) is 2. The molecule has 0 spiro atoms. The number of aliphatic hydroxyl groups is 1. The van der Waals surface area contributed by atoms with Crippen molar-refractivity contribution in [3.05, 3.63) is 35.2 Å². The third-order valence-corrected chi connectivity index (χ3v) is 8.69. The summed E-state index contributed by atoms with van der Waals surface area (Å²) in [4.78, 5) is 16.9. The van der Waals surface area contributed by atoms with Gasteiger partial charge in [-0.05, 0) is 56.2 Å². The van der Waals surface area contributed by atoms with Gasteiger partial charge in [0.05, 0.1) is 23.6 Å². The van der Waals surface area contributed by atoms with Crippen molar-refractivity contribution in [2.24, 2.45) is 5.92 Å². The second kappa shape index (κ2) is 10.2. The maximum Gasteiger partial charge on any atom is 0.319 e.